The lowest BCUT2D eigenvalue weighted by atomic mass is 10.1. The molecule has 9 nitrogen and oxygen atoms in total. The molecule has 0 atom stereocenters. The number of hydrogen-bond acceptors (Lipinski definition) is 6. The number of aromatic nitrogens is 4. The zero-order chi connectivity index (χ0) is 23.4. The van der Waals surface area contributed by atoms with Gasteiger partial charge in [0.2, 0.25) is 0 Å². The van der Waals surface area contributed by atoms with Crippen LogP contribution in [-0.2, 0) is 10.0 Å². The van der Waals surface area contributed by atoms with E-state index in [4.69, 9.17) is 0 Å². The van der Waals surface area contributed by atoms with Crippen molar-refractivity contribution in [3.8, 4) is 11.4 Å². The largest absolute Gasteiger partial charge is 0.321 e. The molecule has 2 aromatic heterocycles. The summed E-state index contributed by atoms with van der Waals surface area (Å²) in [5, 5.41) is 10.0. The summed E-state index contributed by atoms with van der Waals surface area (Å²) in [4.78, 5) is 21.2. The number of aromatic amines is 1. The molecule has 2 aromatic carbocycles. The van der Waals surface area contributed by atoms with E-state index in [-0.39, 0.29) is 16.7 Å². The van der Waals surface area contributed by atoms with Gasteiger partial charge in [0.25, 0.3) is 15.9 Å². The van der Waals surface area contributed by atoms with E-state index >= 15 is 0 Å². The van der Waals surface area contributed by atoms with Gasteiger partial charge in [-0.25, -0.2) is 13.4 Å². The van der Waals surface area contributed by atoms with Gasteiger partial charge < -0.3 is 5.32 Å². The summed E-state index contributed by atoms with van der Waals surface area (Å²) in [7, 11) is -3.79. The van der Waals surface area contributed by atoms with Crippen LogP contribution in [0.25, 0.3) is 11.4 Å². The first-order chi connectivity index (χ1) is 15.8. The number of para-hydroxylation sites is 1. The van der Waals surface area contributed by atoms with Crippen LogP contribution in [0.15, 0.2) is 78.0 Å². The first kappa shape index (κ1) is 22.2. The van der Waals surface area contributed by atoms with Gasteiger partial charge in [-0.1, -0.05) is 26.0 Å². The Kier molecular flexibility index (Phi) is 6.18. The molecule has 4 rings (SSSR count). The van der Waals surface area contributed by atoms with Gasteiger partial charge in [-0.3, -0.25) is 19.6 Å². The molecule has 0 spiro atoms. The van der Waals surface area contributed by atoms with Crippen molar-refractivity contribution in [2.45, 2.75) is 24.7 Å². The molecule has 0 radical (unpaired) electrons. The van der Waals surface area contributed by atoms with Gasteiger partial charge >= 0.3 is 0 Å². The van der Waals surface area contributed by atoms with Crippen molar-refractivity contribution >= 4 is 27.3 Å². The number of H-pyrrole nitrogens is 1. The van der Waals surface area contributed by atoms with Gasteiger partial charge in [-0.15, -0.1) is 0 Å². The van der Waals surface area contributed by atoms with Gasteiger partial charge in [0.15, 0.2) is 5.82 Å². The molecule has 3 N–H and O–H groups in total. The van der Waals surface area contributed by atoms with Crippen molar-refractivity contribution in [1.29, 1.82) is 0 Å². The fourth-order valence-electron chi connectivity index (χ4n) is 3.05. The predicted molar refractivity (Wildman–Crippen MR) is 125 cm³/mol. The third-order valence-corrected chi connectivity index (χ3v) is 6.22. The Bertz CT molecular complexity index is 1370. The number of anilines is 2. The van der Waals surface area contributed by atoms with Gasteiger partial charge in [0.05, 0.1) is 16.3 Å². The maximum Gasteiger partial charge on any atom is 0.261 e. The standard InChI is InChI=1S/C23H22N6O3S/c1-15(2)21-26-22(28-27-21)19-5-3-4-6-20(19)25-23(30)16-7-9-18(10-8-16)33(31,32)29-17-11-13-24-14-12-17/h3-15H,1-2H3,(H,24,29)(H,25,30)(H,26,27,28). The van der Waals surface area contributed by atoms with Crippen LogP contribution in [0.4, 0.5) is 11.4 Å². The maximum absolute atomic E-state index is 12.8. The van der Waals surface area contributed by atoms with Crippen LogP contribution < -0.4 is 10.0 Å². The minimum absolute atomic E-state index is 0.0400. The number of amides is 1. The molecular weight excluding hydrogens is 440 g/mol. The number of nitrogens with one attached hydrogen (secondary N) is 3. The second-order valence-electron chi connectivity index (χ2n) is 7.56. The molecule has 0 aliphatic carbocycles. The lowest BCUT2D eigenvalue weighted by Crippen LogP contribution is -2.15. The average Bonchev–Trinajstić information content (AvgIpc) is 3.30. The second kappa shape index (κ2) is 9.21. The highest BCUT2D eigenvalue weighted by molar-refractivity contribution is 7.92. The topological polar surface area (TPSA) is 130 Å². The van der Waals surface area contributed by atoms with Crippen LogP contribution in [0.3, 0.4) is 0 Å². The monoisotopic (exact) mass is 462 g/mol. The van der Waals surface area contributed by atoms with Gasteiger partial charge in [-0.05, 0) is 48.5 Å². The molecular formula is C23H22N6O3S. The molecule has 4 aromatic rings. The van der Waals surface area contributed by atoms with E-state index in [1.165, 1.54) is 36.7 Å². The van der Waals surface area contributed by atoms with Gasteiger partial charge in [-0.2, -0.15) is 5.10 Å². The molecule has 0 saturated carbocycles. The highest BCUT2D eigenvalue weighted by Gasteiger charge is 2.17. The van der Waals surface area contributed by atoms with Gasteiger partial charge in [0.1, 0.15) is 5.82 Å². The Labute approximate surface area is 191 Å². The molecule has 1 amide bonds. The normalized spacial score (nSPS) is 11.4. The summed E-state index contributed by atoms with van der Waals surface area (Å²) in [6.07, 6.45) is 2.98. The minimum Gasteiger partial charge on any atom is -0.321 e. The number of rotatable bonds is 7. The Morgan fingerprint density at radius 1 is 0.970 bits per heavy atom. The van der Waals surface area contributed by atoms with E-state index in [1.54, 1.807) is 24.3 Å². The highest BCUT2D eigenvalue weighted by Crippen LogP contribution is 2.26. The summed E-state index contributed by atoms with van der Waals surface area (Å²) in [5.74, 6) is 1.05. The molecule has 0 saturated heterocycles. The number of nitrogens with zero attached hydrogens (tertiary/aromatic N) is 3. The highest BCUT2D eigenvalue weighted by atomic mass is 32.2. The van der Waals surface area contributed by atoms with Crippen molar-refractivity contribution in [2.75, 3.05) is 10.0 Å². The van der Waals surface area contributed by atoms with Crippen LogP contribution >= 0.6 is 0 Å². The summed E-state index contributed by atoms with van der Waals surface area (Å²) < 4.78 is 27.6. The molecule has 33 heavy (non-hydrogen) atoms. The first-order valence-corrected chi connectivity index (χ1v) is 11.7. The molecule has 0 aliphatic rings. The van der Waals surface area contributed by atoms with Crippen molar-refractivity contribution < 1.29 is 13.2 Å². The third-order valence-electron chi connectivity index (χ3n) is 4.83. The number of sulfonamides is 1. The summed E-state index contributed by atoms with van der Waals surface area (Å²) in [5.41, 5.74) is 1.93. The SMILES string of the molecule is CC(C)c1nc(-c2ccccc2NC(=O)c2ccc(S(=O)(=O)Nc3ccncc3)cc2)n[nH]1. The number of carbonyl (C=O) groups excluding carboxylic acids is 1. The van der Waals surface area contributed by atoms with Crippen molar-refractivity contribution in [3.05, 3.63) is 84.4 Å². The van der Waals surface area contributed by atoms with E-state index in [0.717, 1.165) is 5.82 Å². The number of hydrogen-bond donors (Lipinski definition) is 3. The zero-order valence-electron chi connectivity index (χ0n) is 18.0. The maximum atomic E-state index is 12.8. The lowest BCUT2D eigenvalue weighted by Gasteiger charge is -2.10. The van der Waals surface area contributed by atoms with E-state index < -0.39 is 10.0 Å². The Balaban J connectivity index is 1.52. The Hall–Kier alpha value is -4.05. The Morgan fingerprint density at radius 2 is 1.67 bits per heavy atom. The van der Waals surface area contributed by atoms with Crippen molar-refractivity contribution in [1.82, 2.24) is 20.2 Å². The quantitative estimate of drug-likeness (QED) is 0.380. The number of benzene rings is 2. The molecule has 0 unspecified atom stereocenters. The molecule has 0 aliphatic heterocycles. The predicted octanol–water partition coefficient (Wildman–Crippen LogP) is 4.04. The first-order valence-electron chi connectivity index (χ1n) is 10.2. The van der Waals surface area contributed by atoms with E-state index in [0.29, 0.717) is 28.3 Å². The fourth-order valence-corrected chi connectivity index (χ4v) is 4.11. The van der Waals surface area contributed by atoms with Crippen LogP contribution in [-0.4, -0.2) is 34.5 Å². The summed E-state index contributed by atoms with van der Waals surface area (Å²) >= 11 is 0. The smallest absolute Gasteiger partial charge is 0.261 e. The summed E-state index contributed by atoms with van der Waals surface area (Å²) in [6, 6.07) is 16.0. The van der Waals surface area contributed by atoms with Crippen LogP contribution in [0.5, 0.6) is 0 Å². The molecule has 2 heterocycles. The van der Waals surface area contributed by atoms with E-state index in [1.807, 2.05) is 26.0 Å². The molecule has 0 bridgehead atoms. The number of carbonyl (C=O) groups is 1. The van der Waals surface area contributed by atoms with E-state index in [9.17, 15) is 13.2 Å². The zero-order valence-corrected chi connectivity index (χ0v) is 18.8. The second-order valence-corrected chi connectivity index (χ2v) is 9.25. The summed E-state index contributed by atoms with van der Waals surface area (Å²) in [6.45, 7) is 4.02. The third kappa shape index (κ3) is 5.07. The molecule has 168 valence electrons. The van der Waals surface area contributed by atoms with Crippen LogP contribution in [0.1, 0.15) is 35.9 Å². The Morgan fingerprint density at radius 3 is 2.33 bits per heavy atom. The minimum atomic E-state index is -3.79. The van der Waals surface area contributed by atoms with Crippen molar-refractivity contribution in [2.24, 2.45) is 0 Å². The van der Waals surface area contributed by atoms with Gasteiger partial charge in [0, 0.05) is 29.4 Å². The molecule has 10 heteroatoms. The lowest BCUT2D eigenvalue weighted by molar-refractivity contribution is 0.102. The number of pyridine rings is 1. The fraction of sp³-hybridized carbons (Fsp3) is 0.130. The van der Waals surface area contributed by atoms with Crippen LogP contribution in [0.2, 0.25) is 0 Å². The van der Waals surface area contributed by atoms with Crippen LogP contribution in [0, 0.1) is 0 Å². The van der Waals surface area contributed by atoms with E-state index in [2.05, 4.69) is 30.2 Å². The van der Waals surface area contributed by atoms with Crippen molar-refractivity contribution in [3.63, 3.8) is 0 Å². The average molecular weight is 463 g/mol. The molecule has 0 fully saturated rings.